The number of carbonyl (C=O) groups is 5. The zero-order valence-electron chi connectivity index (χ0n) is 28.6. The van der Waals surface area contributed by atoms with Gasteiger partial charge in [-0.05, 0) is 110 Å². The van der Waals surface area contributed by atoms with Gasteiger partial charge in [-0.1, -0.05) is 6.42 Å². The van der Waals surface area contributed by atoms with Crippen LogP contribution in [0.3, 0.4) is 0 Å². The fourth-order valence-corrected chi connectivity index (χ4v) is 4.77. The summed E-state index contributed by atoms with van der Waals surface area (Å²) in [6, 6.07) is -5.44. The van der Waals surface area contributed by atoms with Crippen LogP contribution in [0, 0.1) is 0 Å². The van der Waals surface area contributed by atoms with E-state index in [1.165, 1.54) is 0 Å². The normalized spacial score (nSPS) is 13.8. The molecule has 0 bridgehead atoms. The average molecular weight is 883 g/mol. The fourth-order valence-electron chi connectivity index (χ4n) is 4.77. The molecule has 0 aromatic rings. The second-order valence-electron chi connectivity index (χ2n) is 11.8. The van der Waals surface area contributed by atoms with Crippen molar-refractivity contribution in [2.75, 3.05) is 32.7 Å². The first-order valence-electron chi connectivity index (χ1n) is 16.9. The first-order chi connectivity index (χ1) is 22.9. The number of aliphatic imine (C=N–C) groups is 1. The van der Waals surface area contributed by atoms with Crippen molar-refractivity contribution in [3.8, 4) is 0 Å². The van der Waals surface area contributed by atoms with E-state index in [2.05, 4.69) is 26.3 Å². The third-order valence-corrected chi connectivity index (χ3v) is 7.59. The van der Waals surface area contributed by atoms with E-state index in [0.717, 1.165) is 0 Å². The quantitative estimate of drug-likeness (QED) is 0.0146. The molecule has 0 heterocycles. The molecular weight excluding hydrogens is 821 g/mol. The zero-order chi connectivity index (χ0) is 36.3. The zero-order valence-corrected chi connectivity index (χ0v) is 30.7. The van der Waals surface area contributed by atoms with Gasteiger partial charge in [0.1, 0.15) is 18.1 Å². The Labute approximate surface area is 305 Å². The van der Waals surface area contributed by atoms with Gasteiger partial charge >= 0.3 is 22.4 Å². The van der Waals surface area contributed by atoms with Crippen molar-refractivity contribution >= 4 is 35.6 Å². The van der Waals surface area contributed by atoms with Crippen LogP contribution in [0.15, 0.2) is 4.99 Å². The molecule has 0 aromatic heterocycles. The molecule has 5 atom stereocenters. The number of rotatable bonds is 29. The van der Waals surface area contributed by atoms with Crippen molar-refractivity contribution in [1.82, 2.24) is 21.3 Å². The van der Waals surface area contributed by atoms with Crippen LogP contribution in [0.5, 0.6) is 0 Å². The Balaban J connectivity index is 0. The maximum absolute atomic E-state index is 13.6. The van der Waals surface area contributed by atoms with Gasteiger partial charge in [0.2, 0.25) is 23.6 Å². The van der Waals surface area contributed by atoms with Crippen molar-refractivity contribution in [3.05, 3.63) is 0 Å². The Morgan fingerprint density at radius 1 is 0.510 bits per heavy atom. The van der Waals surface area contributed by atoms with Crippen LogP contribution >= 0.6 is 0 Å². The number of unbranched alkanes of at least 4 members (excludes halogenated alkanes) is 4. The van der Waals surface area contributed by atoms with Crippen molar-refractivity contribution in [3.63, 3.8) is 0 Å². The number of aliphatic carboxylic acids is 1. The van der Waals surface area contributed by atoms with Crippen molar-refractivity contribution in [2.45, 2.75) is 120 Å². The summed E-state index contributed by atoms with van der Waals surface area (Å²) in [5, 5.41) is 22.2. The van der Waals surface area contributed by atoms with Crippen LogP contribution in [0.25, 0.3) is 0 Å². The van der Waals surface area contributed by atoms with Crippen LogP contribution in [0.4, 0.5) is 0 Å². The van der Waals surface area contributed by atoms with E-state index in [0.29, 0.717) is 84.0 Å². The minimum Gasteiger partial charge on any atom is -0.548 e. The number of nitrogens with one attached hydrogen (secondary N) is 4. The molecule has 0 aliphatic heterocycles. The second-order valence-corrected chi connectivity index (χ2v) is 11.8. The van der Waals surface area contributed by atoms with Crippen LogP contribution in [-0.2, 0) is 46.4 Å². The van der Waals surface area contributed by atoms with Crippen molar-refractivity contribution < 1.29 is 51.5 Å². The summed E-state index contributed by atoms with van der Waals surface area (Å²) < 4.78 is 0. The predicted molar refractivity (Wildman–Crippen MR) is 182 cm³/mol. The molecule has 0 aliphatic carbocycles. The van der Waals surface area contributed by atoms with Crippen molar-refractivity contribution in [2.24, 2.45) is 45.1 Å². The molecule has 0 rings (SSSR count). The molecule has 4 amide bonds. The summed E-state index contributed by atoms with van der Waals surface area (Å²) in [5.41, 5.74) is 39.1. The molecule has 0 aliphatic rings. The molecule has 0 radical (unpaired) electrons. The van der Waals surface area contributed by atoms with Gasteiger partial charge in [0.15, 0.2) is 5.96 Å². The Bertz CT molecular complexity index is 989. The average Bonchev–Trinajstić information content (AvgIpc) is 3.04. The third kappa shape index (κ3) is 23.2. The number of nitrogens with zero attached hydrogens (tertiary/aromatic N) is 1. The monoisotopic (exact) mass is 882 g/mol. The first kappa shape index (κ1) is 48.3. The number of guanidine groups is 1. The minimum absolute atomic E-state index is 0. The van der Waals surface area contributed by atoms with E-state index in [9.17, 15) is 29.1 Å². The van der Waals surface area contributed by atoms with Gasteiger partial charge in [0.05, 0.1) is 18.1 Å². The molecule has 18 N–H and O–H groups in total. The van der Waals surface area contributed by atoms with E-state index in [4.69, 9.17) is 40.1 Å². The van der Waals surface area contributed by atoms with Crippen LogP contribution in [0.2, 0.25) is 0 Å². The topological polar surface area (TPSA) is 351 Å². The smallest absolute Gasteiger partial charge is 0.548 e. The second kappa shape index (κ2) is 30.0. The third-order valence-electron chi connectivity index (χ3n) is 7.59. The number of carboxylic acid groups (broad SMARTS) is 1. The van der Waals surface area contributed by atoms with Gasteiger partial charge in [-0.3, -0.25) is 24.2 Å². The molecule has 0 saturated carbocycles. The summed E-state index contributed by atoms with van der Waals surface area (Å²) in [6.45, 7) is 1.72. The number of carboxylic acids is 1. The molecule has 0 spiro atoms. The number of hydrogen-bond donors (Lipinski definition) is 11. The molecule has 0 fully saturated rings. The molecule has 49 heavy (non-hydrogen) atoms. The molecule has 18 nitrogen and oxygen atoms in total. The Morgan fingerprint density at radius 2 is 0.837 bits per heavy atom. The van der Waals surface area contributed by atoms with Crippen LogP contribution in [0.1, 0.15) is 89.9 Å². The van der Waals surface area contributed by atoms with Crippen molar-refractivity contribution in [1.29, 1.82) is 0 Å². The van der Waals surface area contributed by atoms with Gasteiger partial charge in [-0.2, -0.15) is 0 Å². The predicted octanol–water partition coefficient (Wildman–Crippen LogP) is -4.43. The van der Waals surface area contributed by atoms with Gasteiger partial charge in [-0.25, -0.2) is 0 Å². The Hall–Kier alpha value is -2.84. The summed E-state index contributed by atoms with van der Waals surface area (Å²) in [6.07, 6.45) is 5.76. The van der Waals surface area contributed by atoms with E-state index >= 15 is 0 Å². The van der Waals surface area contributed by atoms with Gasteiger partial charge in [0.25, 0.3) is 0 Å². The largest absolute Gasteiger partial charge is 1.00 e. The number of amides is 4. The van der Waals surface area contributed by atoms with Crippen LogP contribution < -0.4 is 66.5 Å². The molecule has 0 unspecified atom stereocenters. The molecule has 19 heteroatoms. The maximum atomic E-state index is 13.6. The van der Waals surface area contributed by atoms with Crippen LogP contribution in [-0.4, -0.2) is 98.5 Å². The first-order valence-corrected chi connectivity index (χ1v) is 16.9. The summed E-state index contributed by atoms with van der Waals surface area (Å²) in [4.78, 5) is 68.9. The van der Waals surface area contributed by atoms with Gasteiger partial charge < -0.3 is 71.3 Å². The van der Waals surface area contributed by atoms with Gasteiger partial charge in [-0.15, -0.1) is 0 Å². The maximum Gasteiger partial charge on any atom is 1.00 e. The van der Waals surface area contributed by atoms with E-state index in [1.807, 2.05) is 0 Å². The summed E-state index contributed by atoms with van der Waals surface area (Å²) in [7, 11) is 0. The number of carbonyl (C=O) groups excluding carboxylic acids is 5. The van der Waals surface area contributed by atoms with E-state index in [-0.39, 0.29) is 67.0 Å². The Morgan fingerprint density at radius 3 is 1.20 bits per heavy atom. The number of hydrogen-bond acceptors (Lipinski definition) is 12. The summed E-state index contributed by atoms with van der Waals surface area (Å²) in [5.74, 6) is -4.16. The summed E-state index contributed by atoms with van der Waals surface area (Å²) >= 11 is 0. The van der Waals surface area contributed by atoms with E-state index in [1.54, 1.807) is 0 Å². The fraction of sp³-hybridized carbons (Fsp3) is 0.800. The minimum atomic E-state index is -1.47. The number of nitrogens with two attached hydrogens (primary N) is 7. The SMILES string of the molecule is NCCCC[C@H](NC(=O)[C@H](CCCN=C(N)N)NC(=O)[C@H](CCCCN)NC(=O)[C@H](CCCCN)NC(=O)[C@@H](N)CCCCN)C(=O)[O-].[Au+]. The molecule has 0 saturated heterocycles. The Kier molecular flexibility index (Phi) is 29.6. The standard InChI is InChI=1S/C30H62N12O6.Au/c31-15-5-1-10-20(35)25(43)39-21(11-2-6-16-32)26(44)40-22(12-3-7-17-33)27(45)41-23(14-9-19-38-30(36)37)28(46)42-24(29(47)48)13-4-8-18-34;/h20-24H,1-19,31-35H2,(H,39,43)(H,40,44)(H,41,45)(H,42,46)(H,47,48)(H4,36,37,38);/q;+1/p-1/t20-,21-,22-,23-,24-;/m0./s1. The van der Waals surface area contributed by atoms with E-state index < -0.39 is 59.8 Å². The molecule has 0 aromatic carbocycles. The molecular formula is C30H61AuN12O6. The van der Waals surface area contributed by atoms with Gasteiger partial charge in [0, 0.05) is 6.54 Å². The molecule has 288 valence electrons.